The highest BCUT2D eigenvalue weighted by Crippen LogP contribution is 2.19. The topological polar surface area (TPSA) is 32.7 Å². The van der Waals surface area contributed by atoms with Crippen molar-refractivity contribution < 1.29 is 9.84 Å². The minimum absolute atomic E-state index is 0.330. The molecule has 1 aromatic carbocycles. The van der Waals surface area contributed by atoms with Crippen molar-refractivity contribution in [1.82, 2.24) is 4.90 Å². The number of rotatable bonds is 6. The average molecular weight is 249 g/mol. The highest BCUT2D eigenvalue weighted by molar-refractivity contribution is 5.27. The van der Waals surface area contributed by atoms with Crippen LogP contribution in [0.25, 0.3) is 0 Å². The number of nitrogens with zero attached hydrogens (tertiary/aromatic N) is 1. The molecule has 0 radical (unpaired) electrons. The first-order valence-electron chi connectivity index (χ1n) is 6.78. The molecule has 0 spiro atoms. The molecule has 1 atom stereocenters. The summed E-state index contributed by atoms with van der Waals surface area (Å²) in [5.41, 5.74) is 1.36. The number of hydrogen-bond donors (Lipinski definition) is 1. The molecule has 1 aliphatic heterocycles. The maximum atomic E-state index is 8.94. The monoisotopic (exact) mass is 249 g/mol. The Bertz CT molecular complexity index is 350. The van der Waals surface area contributed by atoms with E-state index in [9.17, 15) is 0 Å². The van der Waals surface area contributed by atoms with Crippen LogP contribution in [0.15, 0.2) is 24.3 Å². The summed E-state index contributed by atoms with van der Waals surface area (Å²) in [7, 11) is 1.69. The van der Waals surface area contributed by atoms with E-state index in [1.165, 1.54) is 18.5 Å². The molecule has 1 heterocycles. The Balaban J connectivity index is 1.74. The van der Waals surface area contributed by atoms with Gasteiger partial charge in [-0.25, -0.2) is 0 Å². The van der Waals surface area contributed by atoms with E-state index >= 15 is 0 Å². The van der Waals surface area contributed by atoms with Crippen molar-refractivity contribution in [2.75, 3.05) is 33.4 Å². The quantitative estimate of drug-likeness (QED) is 0.836. The van der Waals surface area contributed by atoms with Crippen LogP contribution in [0.3, 0.4) is 0 Å². The van der Waals surface area contributed by atoms with Crippen LogP contribution in [-0.4, -0.2) is 43.4 Å². The molecule has 1 N–H and O–H groups in total. The van der Waals surface area contributed by atoms with Crippen molar-refractivity contribution in [2.45, 2.75) is 19.3 Å². The number of likely N-dealkylation sites (tertiary alicyclic amines) is 1. The van der Waals surface area contributed by atoms with Crippen LogP contribution in [0, 0.1) is 5.92 Å². The Morgan fingerprint density at radius 2 is 2.11 bits per heavy atom. The third-order valence-corrected chi connectivity index (χ3v) is 3.78. The van der Waals surface area contributed by atoms with Crippen LogP contribution in [0.5, 0.6) is 5.75 Å². The van der Waals surface area contributed by atoms with E-state index < -0.39 is 0 Å². The number of aliphatic hydroxyl groups excluding tert-OH is 1. The fourth-order valence-electron chi connectivity index (χ4n) is 2.61. The summed E-state index contributed by atoms with van der Waals surface area (Å²) in [6, 6.07) is 8.32. The molecule has 1 aromatic rings. The van der Waals surface area contributed by atoms with Crippen LogP contribution >= 0.6 is 0 Å². The summed E-state index contributed by atoms with van der Waals surface area (Å²) in [6.45, 7) is 3.78. The van der Waals surface area contributed by atoms with E-state index in [4.69, 9.17) is 9.84 Å². The first-order chi connectivity index (χ1) is 8.81. The summed E-state index contributed by atoms with van der Waals surface area (Å²) in [4.78, 5) is 2.50. The molecular formula is C15H23NO2. The number of hydrogen-bond acceptors (Lipinski definition) is 3. The molecule has 2 rings (SSSR count). The number of aliphatic hydroxyl groups is 1. The zero-order valence-corrected chi connectivity index (χ0v) is 11.1. The summed E-state index contributed by atoms with van der Waals surface area (Å²) in [5.74, 6) is 1.62. The van der Waals surface area contributed by atoms with Crippen molar-refractivity contribution in [1.29, 1.82) is 0 Å². The summed E-state index contributed by atoms with van der Waals surface area (Å²) < 4.78 is 5.15. The van der Waals surface area contributed by atoms with Crippen molar-refractivity contribution >= 4 is 0 Å². The maximum Gasteiger partial charge on any atom is 0.118 e. The third-order valence-electron chi connectivity index (χ3n) is 3.78. The predicted molar refractivity (Wildman–Crippen MR) is 72.9 cm³/mol. The smallest absolute Gasteiger partial charge is 0.118 e. The number of benzene rings is 1. The maximum absolute atomic E-state index is 8.94. The molecule has 18 heavy (non-hydrogen) atoms. The molecule has 1 aliphatic rings. The van der Waals surface area contributed by atoms with E-state index in [1.54, 1.807) is 7.11 Å². The molecule has 100 valence electrons. The van der Waals surface area contributed by atoms with E-state index in [2.05, 4.69) is 17.0 Å². The van der Waals surface area contributed by atoms with E-state index in [0.29, 0.717) is 12.5 Å². The first-order valence-corrected chi connectivity index (χ1v) is 6.78. The average Bonchev–Trinajstić information content (AvgIpc) is 2.85. The predicted octanol–water partition coefficient (Wildman–Crippen LogP) is 1.94. The Morgan fingerprint density at radius 1 is 1.33 bits per heavy atom. The molecule has 0 bridgehead atoms. The van der Waals surface area contributed by atoms with Crippen molar-refractivity contribution in [3.63, 3.8) is 0 Å². The van der Waals surface area contributed by atoms with Gasteiger partial charge in [0.15, 0.2) is 0 Å². The highest BCUT2D eigenvalue weighted by Gasteiger charge is 2.21. The standard InChI is InChI=1S/C15H23NO2/c1-18-15-4-2-13(3-5-15)6-9-16-10-7-14(12-16)8-11-17/h2-5,14,17H,6-12H2,1H3. The van der Waals surface area contributed by atoms with Gasteiger partial charge in [-0.1, -0.05) is 12.1 Å². The molecule has 0 aromatic heterocycles. The lowest BCUT2D eigenvalue weighted by Crippen LogP contribution is -2.23. The van der Waals surface area contributed by atoms with E-state index in [1.807, 2.05) is 12.1 Å². The fraction of sp³-hybridized carbons (Fsp3) is 0.600. The molecule has 3 heteroatoms. The third kappa shape index (κ3) is 3.72. The number of ether oxygens (including phenoxy) is 1. The lowest BCUT2D eigenvalue weighted by atomic mass is 10.1. The zero-order chi connectivity index (χ0) is 12.8. The Hall–Kier alpha value is -1.06. The Labute approximate surface area is 109 Å². The van der Waals surface area contributed by atoms with Crippen LogP contribution in [0.1, 0.15) is 18.4 Å². The van der Waals surface area contributed by atoms with Crippen LogP contribution < -0.4 is 4.74 Å². The van der Waals surface area contributed by atoms with Gasteiger partial charge in [-0.3, -0.25) is 0 Å². The number of methoxy groups -OCH3 is 1. The zero-order valence-electron chi connectivity index (χ0n) is 11.1. The van der Waals surface area contributed by atoms with Crippen LogP contribution in [0.2, 0.25) is 0 Å². The highest BCUT2D eigenvalue weighted by atomic mass is 16.5. The molecule has 0 saturated carbocycles. The van der Waals surface area contributed by atoms with Gasteiger partial charge < -0.3 is 14.7 Å². The molecule has 0 aliphatic carbocycles. The lowest BCUT2D eigenvalue weighted by Gasteiger charge is -2.15. The molecule has 1 fully saturated rings. The Kier molecular flexibility index (Phi) is 5.02. The second-order valence-electron chi connectivity index (χ2n) is 5.07. The van der Waals surface area contributed by atoms with Crippen LogP contribution in [-0.2, 0) is 6.42 Å². The molecule has 1 saturated heterocycles. The SMILES string of the molecule is COc1ccc(CCN2CCC(CCO)C2)cc1. The van der Waals surface area contributed by atoms with Gasteiger partial charge in [-0.05, 0) is 49.4 Å². The van der Waals surface area contributed by atoms with Crippen LogP contribution in [0.4, 0.5) is 0 Å². The van der Waals surface area contributed by atoms with Gasteiger partial charge in [-0.2, -0.15) is 0 Å². The second-order valence-corrected chi connectivity index (χ2v) is 5.07. The minimum atomic E-state index is 0.330. The van der Waals surface area contributed by atoms with Gasteiger partial charge in [-0.15, -0.1) is 0 Å². The Morgan fingerprint density at radius 3 is 2.78 bits per heavy atom. The molecule has 0 amide bonds. The van der Waals surface area contributed by atoms with Gasteiger partial charge in [0.2, 0.25) is 0 Å². The molecule has 3 nitrogen and oxygen atoms in total. The first kappa shape index (κ1) is 13.4. The lowest BCUT2D eigenvalue weighted by molar-refractivity contribution is 0.251. The second kappa shape index (κ2) is 6.76. The van der Waals surface area contributed by atoms with E-state index in [-0.39, 0.29) is 0 Å². The fourth-order valence-corrected chi connectivity index (χ4v) is 2.61. The van der Waals surface area contributed by atoms with Crippen molar-refractivity contribution in [3.05, 3.63) is 29.8 Å². The molecule has 1 unspecified atom stereocenters. The van der Waals surface area contributed by atoms with Gasteiger partial charge in [0, 0.05) is 19.7 Å². The normalized spacial score (nSPS) is 20.2. The largest absolute Gasteiger partial charge is 0.497 e. The molecular weight excluding hydrogens is 226 g/mol. The van der Waals surface area contributed by atoms with Gasteiger partial charge >= 0.3 is 0 Å². The van der Waals surface area contributed by atoms with Gasteiger partial charge in [0.05, 0.1) is 7.11 Å². The minimum Gasteiger partial charge on any atom is -0.497 e. The van der Waals surface area contributed by atoms with Crippen molar-refractivity contribution in [3.8, 4) is 5.75 Å². The summed E-state index contributed by atoms with van der Waals surface area (Å²) in [5, 5.41) is 8.94. The van der Waals surface area contributed by atoms with Gasteiger partial charge in [0.25, 0.3) is 0 Å². The van der Waals surface area contributed by atoms with Gasteiger partial charge in [0.1, 0.15) is 5.75 Å². The van der Waals surface area contributed by atoms with Crippen molar-refractivity contribution in [2.24, 2.45) is 5.92 Å². The summed E-state index contributed by atoms with van der Waals surface area (Å²) in [6.07, 6.45) is 3.29. The summed E-state index contributed by atoms with van der Waals surface area (Å²) >= 11 is 0. The van der Waals surface area contributed by atoms with E-state index in [0.717, 1.165) is 31.7 Å².